The average molecular weight is 374 g/mol. The molecule has 0 aliphatic carbocycles. The molecule has 0 fully saturated rings. The van der Waals surface area contributed by atoms with Crippen molar-refractivity contribution in [1.29, 1.82) is 0 Å². The van der Waals surface area contributed by atoms with E-state index >= 15 is 0 Å². The fraction of sp³-hybridized carbons (Fsp3) is 0.294. The highest BCUT2D eigenvalue weighted by molar-refractivity contribution is 7.99. The number of thiophene rings is 1. The number of anilines is 1. The number of nitrogens with zero attached hydrogens (tertiary/aromatic N) is 4. The number of carbonyl (C=O) groups is 1. The van der Waals surface area contributed by atoms with E-state index in [2.05, 4.69) is 32.3 Å². The lowest BCUT2D eigenvalue weighted by atomic mass is 10.1. The largest absolute Gasteiger partial charge is 0.325 e. The van der Waals surface area contributed by atoms with Gasteiger partial charge in [0.1, 0.15) is 0 Å². The summed E-state index contributed by atoms with van der Waals surface area (Å²) in [5.74, 6) is 0.202. The van der Waals surface area contributed by atoms with Gasteiger partial charge in [-0.3, -0.25) is 4.79 Å². The van der Waals surface area contributed by atoms with Crippen LogP contribution in [0, 0.1) is 13.8 Å². The summed E-state index contributed by atoms with van der Waals surface area (Å²) in [6.07, 6.45) is 0.880. The summed E-state index contributed by atoms with van der Waals surface area (Å²) in [7, 11) is 0. The number of hydrogen-bond donors (Lipinski definition) is 1. The molecular formula is C17H19N5OS2. The molecule has 130 valence electrons. The van der Waals surface area contributed by atoms with Crippen molar-refractivity contribution >= 4 is 34.7 Å². The maximum atomic E-state index is 12.2. The van der Waals surface area contributed by atoms with Crippen LogP contribution < -0.4 is 5.32 Å². The van der Waals surface area contributed by atoms with Gasteiger partial charge in [-0.1, -0.05) is 23.9 Å². The molecule has 3 rings (SSSR count). The van der Waals surface area contributed by atoms with Crippen molar-refractivity contribution in [1.82, 2.24) is 20.2 Å². The predicted octanol–water partition coefficient (Wildman–Crippen LogP) is 3.32. The average Bonchev–Trinajstić information content (AvgIpc) is 3.25. The second-order valence-corrected chi connectivity index (χ2v) is 7.62. The number of thioether (sulfide) groups is 1. The van der Waals surface area contributed by atoms with Crippen molar-refractivity contribution in [2.45, 2.75) is 32.0 Å². The molecule has 0 saturated heterocycles. The first-order valence-electron chi connectivity index (χ1n) is 7.90. The van der Waals surface area contributed by atoms with Crippen molar-refractivity contribution < 1.29 is 4.79 Å². The minimum Gasteiger partial charge on any atom is -0.325 e. The van der Waals surface area contributed by atoms with Gasteiger partial charge in [0.25, 0.3) is 0 Å². The molecule has 0 aliphatic rings. The van der Waals surface area contributed by atoms with Crippen LogP contribution in [0.15, 0.2) is 40.9 Å². The molecule has 0 radical (unpaired) electrons. The summed E-state index contributed by atoms with van der Waals surface area (Å²) >= 11 is 3.06. The van der Waals surface area contributed by atoms with Crippen LogP contribution in [0.2, 0.25) is 0 Å². The van der Waals surface area contributed by atoms with Gasteiger partial charge in [-0.25, -0.2) is 4.68 Å². The summed E-state index contributed by atoms with van der Waals surface area (Å²) in [4.78, 5) is 13.4. The fourth-order valence-corrected chi connectivity index (χ4v) is 3.66. The molecule has 1 N–H and O–H groups in total. The minimum absolute atomic E-state index is 0.0685. The summed E-state index contributed by atoms with van der Waals surface area (Å²) in [6, 6.07) is 10.0. The number of amides is 1. The van der Waals surface area contributed by atoms with Crippen LogP contribution in [0.1, 0.15) is 16.0 Å². The molecule has 1 aromatic carbocycles. The van der Waals surface area contributed by atoms with Crippen molar-refractivity contribution in [3.05, 3.63) is 51.7 Å². The third kappa shape index (κ3) is 4.90. The maximum absolute atomic E-state index is 12.2. The number of aryl methyl sites for hydroxylation is 4. The smallest absolute Gasteiger partial charge is 0.234 e. The molecule has 1 amide bonds. The van der Waals surface area contributed by atoms with E-state index in [0.717, 1.165) is 17.7 Å². The van der Waals surface area contributed by atoms with Gasteiger partial charge in [-0.05, 0) is 59.0 Å². The number of rotatable bonds is 7. The van der Waals surface area contributed by atoms with Crippen molar-refractivity contribution in [3.8, 4) is 0 Å². The van der Waals surface area contributed by atoms with Gasteiger partial charge in [0.05, 0.1) is 12.3 Å². The lowest BCUT2D eigenvalue weighted by Crippen LogP contribution is -2.15. The van der Waals surface area contributed by atoms with E-state index in [9.17, 15) is 4.79 Å². The molecule has 0 unspecified atom stereocenters. The van der Waals surface area contributed by atoms with Crippen LogP contribution in [0.4, 0.5) is 5.69 Å². The topological polar surface area (TPSA) is 72.7 Å². The van der Waals surface area contributed by atoms with Crippen molar-refractivity contribution in [2.75, 3.05) is 11.1 Å². The lowest BCUT2D eigenvalue weighted by Gasteiger charge is -2.07. The summed E-state index contributed by atoms with van der Waals surface area (Å²) < 4.78 is 1.74. The van der Waals surface area contributed by atoms with Crippen molar-refractivity contribution in [2.24, 2.45) is 0 Å². The number of hydrogen-bond acceptors (Lipinski definition) is 6. The van der Waals surface area contributed by atoms with Crippen LogP contribution in [-0.2, 0) is 17.8 Å². The zero-order valence-electron chi connectivity index (χ0n) is 14.1. The summed E-state index contributed by atoms with van der Waals surface area (Å²) in [6.45, 7) is 4.78. The Morgan fingerprint density at radius 3 is 2.92 bits per heavy atom. The Balaban J connectivity index is 1.52. The van der Waals surface area contributed by atoms with E-state index < -0.39 is 0 Å². The van der Waals surface area contributed by atoms with Gasteiger partial charge in [-0.15, -0.1) is 16.4 Å². The number of benzene rings is 1. The molecule has 0 spiro atoms. The number of carbonyl (C=O) groups excluding carboxylic acids is 1. The number of tetrazole rings is 1. The first kappa shape index (κ1) is 17.6. The molecule has 8 heteroatoms. The molecule has 0 aliphatic heterocycles. The van der Waals surface area contributed by atoms with E-state index in [4.69, 9.17) is 0 Å². The Kier molecular flexibility index (Phi) is 5.83. The Bertz CT molecular complexity index is 845. The van der Waals surface area contributed by atoms with Gasteiger partial charge in [0.15, 0.2) is 0 Å². The zero-order valence-corrected chi connectivity index (χ0v) is 15.7. The van der Waals surface area contributed by atoms with E-state index in [1.165, 1.54) is 22.2 Å². The molecule has 25 heavy (non-hydrogen) atoms. The molecule has 3 aromatic rings. The van der Waals surface area contributed by atoms with Crippen LogP contribution in [0.3, 0.4) is 0 Å². The van der Waals surface area contributed by atoms with Gasteiger partial charge < -0.3 is 5.32 Å². The summed E-state index contributed by atoms with van der Waals surface area (Å²) in [5.41, 5.74) is 3.17. The molecule has 0 atom stereocenters. The Morgan fingerprint density at radius 2 is 2.16 bits per heavy atom. The Morgan fingerprint density at radius 1 is 1.28 bits per heavy atom. The molecule has 2 aromatic heterocycles. The summed E-state index contributed by atoms with van der Waals surface area (Å²) in [5, 5.41) is 17.4. The van der Waals surface area contributed by atoms with E-state index in [1.54, 1.807) is 16.0 Å². The predicted molar refractivity (Wildman–Crippen MR) is 101 cm³/mol. The second kappa shape index (κ2) is 8.26. The van der Waals surface area contributed by atoms with Gasteiger partial charge in [-0.2, -0.15) is 0 Å². The molecule has 0 saturated carbocycles. The Labute approximate surface area is 154 Å². The highest BCUT2D eigenvalue weighted by atomic mass is 32.2. The second-order valence-electron chi connectivity index (χ2n) is 5.65. The molecule has 6 nitrogen and oxygen atoms in total. The first-order chi connectivity index (χ1) is 12.1. The number of nitrogens with one attached hydrogen (secondary N) is 1. The fourth-order valence-electron chi connectivity index (χ4n) is 2.26. The normalized spacial score (nSPS) is 10.8. The molecular weight excluding hydrogens is 354 g/mol. The zero-order chi connectivity index (χ0) is 17.6. The Hall–Kier alpha value is -2.19. The van der Waals surface area contributed by atoms with Gasteiger partial charge >= 0.3 is 0 Å². The van der Waals surface area contributed by atoms with Crippen LogP contribution in [0.25, 0.3) is 0 Å². The first-order valence-corrected chi connectivity index (χ1v) is 9.77. The third-order valence-electron chi connectivity index (χ3n) is 3.77. The minimum atomic E-state index is -0.0685. The molecule has 0 bridgehead atoms. The van der Waals surface area contributed by atoms with E-state index in [-0.39, 0.29) is 11.7 Å². The number of aromatic nitrogens is 4. The lowest BCUT2D eigenvalue weighted by molar-refractivity contribution is -0.113. The highest BCUT2D eigenvalue weighted by Gasteiger charge is 2.11. The van der Waals surface area contributed by atoms with Crippen LogP contribution in [-0.4, -0.2) is 31.9 Å². The van der Waals surface area contributed by atoms with Gasteiger partial charge in [0, 0.05) is 17.0 Å². The SMILES string of the molecule is Cc1ccc(NC(=O)CSc2nnnn2CCc2cccs2)cc1C. The highest BCUT2D eigenvalue weighted by Crippen LogP contribution is 2.18. The van der Waals surface area contributed by atoms with E-state index in [0.29, 0.717) is 11.7 Å². The monoisotopic (exact) mass is 373 g/mol. The van der Waals surface area contributed by atoms with Gasteiger partial charge in [0.2, 0.25) is 11.1 Å². The van der Waals surface area contributed by atoms with Crippen molar-refractivity contribution in [3.63, 3.8) is 0 Å². The molecule has 2 heterocycles. The standard InChI is InChI=1S/C17H19N5OS2/c1-12-5-6-14(10-13(12)2)18-16(23)11-25-17-19-20-21-22(17)8-7-15-4-3-9-24-15/h3-6,9-10H,7-8,11H2,1-2H3,(H,18,23). The van der Waals surface area contributed by atoms with E-state index in [1.807, 2.05) is 38.1 Å². The van der Waals surface area contributed by atoms with Crippen LogP contribution >= 0.6 is 23.1 Å². The third-order valence-corrected chi connectivity index (χ3v) is 5.67. The van der Waals surface area contributed by atoms with Crippen LogP contribution in [0.5, 0.6) is 0 Å². The maximum Gasteiger partial charge on any atom is 0.234 e. The quantitative estimate of drug-likeness (QED) is 0.643.